The lowest BCUT2D eigenvalue weighted by atomic mass is 9.85. The summed E-state index contributed by atoms with van der Waals surface area (Å²) in [6.07, 6.45) is 6.71. The first-order valence-electron chi connectivity index (χ1n) is 5.78. The molecule has 0 aliphatic rings. The average molecular weight is 199 g/mol. The predicted molar refractivity (Wildman–Crippen MR) is 61.2 cm³/mol. The van der Waals surface area contributed by atoms with Gasteiger partial charge in [0.05, 0.1) is 0 Å². The second-order valence-corrected chi connectivity index (χ2v) is 4.68. The molecule has 0 bridgehead atoms. The Hall–Kier alpha value is -0.370. The van der Waals surface area contributed by atoms with E-state index in [1.165, 1.54) is 25.7 Å². The maximum absolute atomic E-state index is 11.6. The van der Waals surface area contributed by atoms with Crippen LogP contribution in [0.2, 0.25) is 0 Å². The third kappa shape index (κ3) is 5.38. The fourth-order valence-corrected chi connectivity index (χ4v) is 1.34. The summed E-state index contributed by atoms with van der Waals surface area (Å²) in [7, 11) is 0. The van der Waals surface area contributed by atoms with E-state index < -0.39 is 0 Å². The van der Waals surface area contributed by atoms with Crippen LogP contribution in [0.3, 0.4) is 0 Å². The molecule has 0 saturated carbocycles. The Bertz CT molecular complexity index is 164. The Balaban J connectivity index is 3.54. The first-order chi connectivity index (χ1) is 6.54. The number of nitrogens with two attached hydrogens (primary N) is 1. The summed E-state index contributed by atoms with van der Waals surface area (Å²) in [6.45, 7) is 6.52. The highest BCUT2D eigenvalue weighted by molar-refractivity contribution is 5.84. The standard InChI is InChI=1S/C12H25NO/c1-4-5-6-7-8-9-11(14)12(2,3)10-13/h4-10,13H2,1-3H3. The molecule has 0 rings (SSSR count). The summed E-state index contributed by atoms with van der Waals surface area (Å²) in [5, 5.41) is 0. The topological polar surface area (TPSA) is 43.1 Å². The van der Waals surface area contributed by atoms with Gasteiger partial charge in [0.2, 0.25) is 0 Å². The van der Waals surface area contributed by atoms with E-state index >= 15 is 0 Å². The smallest absolute Gasteiger partial charge is 0.139 e. The van der Waals surface area contributed by atoms with Crippen molar-refractivity contribution in [3.63, 3.8) is 0 Å². The Morgan fingerprint density at radius 1 is 1.14 bits per heavy atom. The molecule has 0 spiro atoms. The van der Waals surface area contributed by atoms with E-state index in [-0.39, 0.29) is 5.41 Å². The van der Waals surface area contributed by atoms with Crippen LogP contribution in [0.15, 0.2) is 0 Å². The quantitative estimate of drug-likeness (QED) is 0.611. The minimum Gasteiger partial charge on any atom is -0.329 e. The van der Waals surface area contributed by atoms with Crippen LogP contribution < -0.4 is 5.73 Å². The van der Waals surface area contributed by atoms with Crippen molar-refractivity contribution in [2.24, 2.45) is 11.1 Å². The van der Waals surface area contributed by atoms with Crippen LogP contribution in [0.25, 0.3) is 0 Å². The van der Waals surface area contributed by atoms with Crippen molar-refractivity contribution in [2.45, 2.75) is 59.3 Å². The first kappa shape index (κ1) is 13.6. The summed E-state index contributed by atoms with van der Waals surface area (Å²) in [5.41, 5.74) is 5.22. The van der Waals surface area contributed by atoms with Crippen LogP contribution >= 0.6 is 0 Å². The van der Waals surface area contributed by atoms with Gasteiger partial charge in [-0.1, -0.05) is 46.5 Å². The molecular weight excluding hydrogens is 174 g/mol. The van der Waals surface area contributed by atoms with Gasteiger partial charge in [-0.25, -0.2) is 0 Å². The number of hydrogen-bond acceptors (Lipinski definition) is 2. The number of ketones is 1. The van der Waals surface area contributed by atoms with Gasteiger partial charge in [-0.05, 0) is 6.42 Å². The Labute approximate surface area is 88.3 Å². The van der Waals surface area contributed by atoms with Crippen LogP contribution in [0.1, 0.15) is 59.3 Å². The van der Waals surface area contributed by atoms with E-state index in [2.05, 4.69) is 6.92 Å². The van der Waals surface area contributed by atoms with Crippen LogP contribution in [0, 0.1) is 5.41 Å². The SMILES string of the molecule is CCCCCCCC(=O)C(C)(C)CN. The second-order valence-electron chi connectivity index (χ2n) is 4.68. The lowest BCUT2D eigenvalue weighted by molar-refractivity contribution is -0.126. The molecule has 0 aromatic heterocycles. The molecule has 2 N–H and O–H groups in total. The Morgan fingerprint density at radius 2 is 1.71 bits per heavy atom. The number of carbonyl (C=O) groups is 1. The molecule has 0 saturated heterocycles. The first-order valence-corrected chi connectivity index (χ1v) is 5.78. The number of Topliss-reactive ketones (excluding diaryl/α,β-unsaturated/α-hetero) is 1. The van der Waals surface area contributed by atoms with Gasteiger partial charge in [0.1, 0.15) is 5.78 Å². The minimum atomic E-state index is -0.315. The summed E-state index contributed by atoms with van der Waals surface area (Å²) >= 11 is 0. The number of carbonyl (C=O) groups excluding carboxylic acids is 1. The van der Waals surface area contributed by atoms with Crippen molar-refractivity contribution in [3.8, 4) is 0 Å². The fourth-order valence-electron chi connectivity index (χ4n) is 1.34. The predicted octanol–water partition coefficient (Wildman–Crippen LogP) is 2.90. The fraction of sp³-hybridized carbons (Fsp3) is 0.917. The molecule has 2 heteroatoms. The molecule has 0 aliphatic heterocycles. The lowest BCUT2D eigenvalue weighted by Crippen LogP contribution is -2.32. The van der Waals surface area contributed by atoms with Gasteiger partial charge in [-0.2, -0.15) is 0 Å². The normalized spacial score (nSPS) is 11.7. The zero-order valence-corrected chi connectivity index (χ0v) is 9.94. The van der Waals surface area contributed by atoms with E-state index in [1.807, 2.05) is 13.8 Å². The van der Waals surface area contributed by atoms with Crippen molar-refractivity contribution >= 4 is 5.78 Å². The zero-order valence-electron chi connectivity index (χ0n) is 9.94. The zero-order chi connectivity index (χ0) is 11.0. The average Bonchev–Trinajstić information content (AvgIpc) is 2.17. The molecule has 14 heavy (non-hydrogen) atoms. The van der Waals surface area contributed by atoms with Crippen molar-refractivity contribution in [3.05, 3.63) is 0 Å². The van der Waals surface area contributed by atoms with Crippen LogP contribution in [0.5, 0.6) is 0 Å². The molecule has 0 radical (unpaired) electrons. The van der Waals surface area contributed by atoms with Gasteiger partial charge >= 0.3 is 0 Å². The van der Waals surface area contributed by atoms with Crippen LogP contribution in [0.4, 0.5) is 0 Å². The summed E-state index contributed by atoms with van der Waals surface area (Å²) < 4.78 is 0. The van der Waals surface area contributed by atoms with Crippen molar-refractivity contribution < 1.29 is 4.79 Å². The van der Waals surface area contributed by atoms with E-state index in [0.29, 0.717) is 18.7 Å². The van der Waals surface area contributed by atoms with E-state index in [9.17, 15) is 4.79 Å². The monoisotopic (exact) mass is 199 g/mol. The van der Waals surface area contributed by atoms with Crippen molar-refractivity contribution in [2.75, 3.05) is 6.54 Å². The van der Waals surface area contributed by atoms with Gasteiger partial charge in [-0.15, -0.1) is 0 Å². The highest BCUT2D eigenvalue weighted by Gasteiger charge is 2.24. The summed E-state index contributed by atoms with van der Waals surface area (Å²) in [5.74, 6) is 0.316. The molecule has 0 aromatic rings. The molecule has 0 atom stereocenters. The Kier molecular flexibility index (Phi) is 6.81. The van der Waals surface area contributed by atoms with Crippen molar-refractivity contribution in [1.29, 1.82) is 0 Å². The molecule has 84 valence electrons. The number of hydrogen-bond donors (Lipinski definition) is 1. The molecular formula is C12H25NO. The molecule has 0 amide bonds. The molecule has 0 unspecified atom stereocenters. The number of rotatable bonds is 8. The summed E-state index contributed by atoms with van der Waals surface area (Å²) in [4.78, 5) is 11.6. The van der Waals surface area contributed by atoms with Crippen molar-refractivity contribution in [1.82, 2.24) is 0 Å². The van der Waals surface area contributed by atoms with E-state index in [1.54, 1.807) is 0 Å². The van der Waals surface area contributed by atoms with Gasteiger partial charge in [0.25, 0.3) is 0 Å². The highest BCUT2D eigenvalue weighted by atomic mass is 16.1. The Morgan fingerprint density at radius 3 is 2.21 bits per heavy atom. The third-order valence-corrected chi connectivity index (χ3v) is 2.77. The minimum absolute atomic E-state index is 0.315. The van der Waals surface area contributed by atoms with Gasteiger partial charge in [0.15, 0.2) is 0 Å². The second kappa shape index (κ2) is 6.99. The maximum Gasteiger partial charge on any atom is 0.139 e. The molecule has 0 fully saturated rings. The van der Waals surface area contributed by atoms with Gasteiger partial charge < -0.3 is 5.73 Å². The van der Waals surface area contributed by atoms with E-state index in [0.717, 1.165) is 6.42 Å². The van der Waals surface area contributed by atoms with Crippen LogP contribution in [-0.4, -0.2) is 12.3 Å². The molecule has 0 aromatic carbocycles. The maximum atomic E-state index is 11.6. The largest absolute Gasteiger partial charge is 0.329 e. The third-order valence-electron chi connectivity index (χ3n) is 2.77. The number of unbranched alkanes of at least 4 members (excludes halogenated alkanes) is 4. The molecule has 0 aliphatic carbocycles. The van der Waals surface area contributed by atoms with Gasteiger partial charge in [-0.3, -0.25) is 4.79 Å². The molecule has 0 heterocycles. The highest BCUT2D eigenvalue weighted by Crippen LogP contribution is 2.18. The van der Waals surface area contributed by atoms with Crippen LogP contribution in [-0.2, 0) is 4.79 Å². The van der Waals surface area contributed by atoms with Gasteiger partial charge in [0, 0.05) is 18.4 Å². The summed E-state index contributed by atoms with van der Waals surface area (Å²) in [6, 6.07) is 0. The van der Waals surface area contributed by atoms with E-state index in [4.69, 9.17) is 5.73 Å². The lowest BCUT2D eigenvalue weighted by Gasteiger charge is -2.20. The molecule has 2 nitrogen and oxygen atoms in total.